The van der Waals surface area contributed by atoms with Crippen molar-refractivity contribution < 1.29 is 30.8 Å². The number of allylic oxidation sites excluding steroid dienone is 5. The van der Waals surface area contributed by atoms with Crippen molar-refractivity contribution in [2.45, 2.75) is 30.8 Å². The summed E-state index contributed by atoms with van der Waals surface area (Å²) in [6.07, 6.45) is 3.95. The molecule has 0 bridgehead atoms. The predicted molar refractivity (Wildman–Crippen MR) is 154 cm³/mol. The Morgan fingerprint density at radius 3 is 2.63 bits per heavy atom. The summed E-state index contributed by atoms with van der Waals surface area (Å²) in [6, 6.07) is 7.24. The minimum atomic E-state index is -4.86. The van der Waals surface area contributed by atoms with Crippen molar-refractivity contribution in [3.05, 3.63) is 113 Å². The highest BCUT2D eigenvalue weighted by atomic mass is 35.5. The third-order valence-corrected chi connectivity index (χ3v) is 9.78. The highest BCUT2D eigenvalue weighted by Gasteiger charge is 2.51. The van der Waals surface area contributed by atoms with E-state index >= 15 is 0 Å². The van der Waals surface area contributed by atoms with Crippen LogP contribution in [-0.4, -0.2) is 46.4 Å². The number of hydrogen-bond donors (Lipinski definition) is 0. The van der Waals surface area contributed by atoms with Crippen LogP contribution in [0, 0.1) is 5.41 Å². The first-order valence-electron chi connectivity index (χ1n) is 13.1. The summed E-state index contributed by atoms with van der Waals surface area (Å²) < 4.78 is 84.4. The van der Waals surface area contributed by atoms with E-state index in [1.165, 1.54) is 24.4 Å². The van der Waals surface area contributed by atoms with E-state index in [-0.39, 0.29) is 31.6 Å². The SMILES string of the molecule is C=C/C(F)=C\C=C(/C)n1ncc2c1C=C1CCN(S(=O)(=O)c3ccc(Cl)c(C(F)(F)F)c3)C[C@@]1(C(=O)c1ccccn1)C2. The lowest BCUT2D eigenvalue weighted by molar-refractivity contribution is -0.137. The van der Waals surface area contributed by atoms with Crippen LogP contribution >= 0.6 is 11.6 Å². The highest BCUT2D eigenvalue weighted by Crippen LogP contribution is 2.47. The number of Topliss-reactive ketones (excluding diaryl/α,β-unsaturated/α-hetero) is 1. The second-order valence-electron chi connectivity index (χ2n) is 10.2. The van der Waals surface area contributed by atoms with Gasteiger partial charge in [-0.05, 0) is 80.0 Å². The van der Waals surface area contributed by atoms with Gasteiger partial charge in [0, 0.05) is 25.0 Å². The fraction of sp³-hybridized carbons (Fsp3) is 0.233. The number of pyridine rings is 1. The molecule has 2 aliphatic rings. The Hall–Kier alpha value is -3.87. The molecule has 13 heteroatoms. The normalized spacial score (nSPS) is 19.8. The van der Waals surface area contributed by atoms with Crippen molar-refractivity contribution in [1.29, 1.82) is 0 Å². The first-order valence-corrected chi connectivity index (χ1v) is 14.9. The zero-order chi connectivity index (χ0) is 31.2. The molecule has 0 spiro atoms. The van der Waals surface area contributed by atoms with Crippen LogP contribution in [0.25, 0.3) is 11.8 Å². The number of aromatic nitrogens is 3. The molecule has 3 aromatic rings. The average Bonchev–Trinajstić information content (AvgIpc) is 3.40. The van der Waals surface area contributed by atoms with Gasteiger partial charge >= 0.3 is 6.18 Å². The van der Waals surface area contributed by atoms with Gasteiger partial charge < -0.3 is 0 Å². The molecule has 0 saturated carbocycles. The summed E-state index contributed by atoms with van der Waals surface area (Å²) in [5.41, 5.74) is -0.0304. The third-order valence-electron chi connectivity index (χ3n) is 7.61. The topological polar surface area (TPSA) is 85.2 Å². The molecule has 2 aromatic heterocycles. The van der Waals surface area contributed by atoms with Crippen molar-refractivity contribution in [2.24, 2.45) is 5.41 Å². The number of ketones is 1. The number of nitrogens with zero attached hydrogens (tertiary/aromatic N) is 4. The fourth-order valence-corrected chi connectivity index (χ4v) is 7.17. The molecule has 5 rings (SSSR count). The van der Waals surface area contributed by atoms with Gasteiger partial charge in [-0.3, -0.25) is 9.78 Å². The van der Waals surface area contributed by atoms with Gasteiger partial charge in [-0.15, -0.1) is 0 Å². The first kappa shape index (κ1) is 30.6. The largest absolute Gasteiger partial charge is 0.417 e. The molecule has 224 valence electrons. The van der Waals surface area contributed by atoms with E-state index in [0.717, 1.165) is 22.5 Å². The fourth-order valence-electron chi connectivity index (χ4n) is 5.41. The summed E-state index contributed by atoms with van der Waals surface area (Å²) >= 11 is 5.73. The zero-order valence-corrected chi connectivity index (χ0v) is 24.3. The van der Waals surface area contributed by atoms with Crippen LogP contribution in [0.15, 0.2) is 89.9 Å². The van der Waals surface area contributed by atoms with Crippen LogP contribution in [0.5, 0.6) is 0 Å². The Balaban J connectivity index is 1.59. The van der Waals surface area contributed by atoms with Crippen LogP contribution in [0.1, 0.15) is 40.7 Å². The van der Waals surface area contributed by atoms with E-state index in [1.54, 1.807) is 36.0 Å². The standard InChI is InChI=1S/C30H25ClF4N4O3S/c1-3-22(32)8-7-19(2)39-27-14-21-11-13-38(43(41,42)23-9-10-25(31)24(15-23)30(33,34)35)18-29(21,16-20(27)17-37-39)28(40)26-6-4-5-12-36-26/h3-10,12,14-15,17H,1,11,13,16,18H2,2H3/b19-7+,22-8+/t29-/m0/s1. The number of piperidine rings is 1. The van der Waals surface area contributed by atoms with Crippen LogP contribution in [0.3, 0.4) is 0 Å². The molecule has 1 aromatic carbocycles. The number of carbonyl (C=O) groups is 1. The zero-order valence-electron chi connectivity index (χ0n) is 22.8. The molecular weight excluding hydrogens is 608 g/mol. The summed E-state index contributed by atoms with van der Waals surface area (Å²) in [7, 11) is -4.47. The third kappa shape index (κ3) is 5.62. The number of alkyl halides is 3. The van der Waals surface area contributed by atoms with Gasteiger partial charge in [-0.1, -0.05) is 29.8 Å². The van der Waals surface area contributed by atoms with Gasteiger partial charge in [0.2, 0.25) is 10.0 Å². The number of hydrogen-bond acceptors (Lipinski definition) is 5. The van der Waals surface area contributed by atoms with E-state index in [2.05, 4.69) is 16.7 Å². The van der Waals surface area contributed by atoms with Crippen molar-refractivity contribution in [3.8, 4) is 0 Å². The minimum Gasteiger partial charge on any atom is -0.291 e. The summed E-state index contributed by atoms with van der Waals surface area (Å²) in [5.74, 6) is -0.955. The molecule has 1 fully saturated rings. The second-order valence-corrected chi connectivity index (χ2v) is 12.6. The first-order chi connectivity index (χ1) is 20.3. The number of sulfonamides is 1. The van der Waals surface area contributed by atoms with Gasteiger partial charge in [0.25, 0.3) is 0 Å². The van der Waals surface area contributed by atoms with E-state index in [9.17, 15) is 30.8 Å². The molecule has 7 nitrogen and oxygen atoms in total. The minimum absolute atomic E-state index is 0.0636. The van der Waals surface area contributed by atoms with E-state index < -0.39 is 48.7 Å². The van der Waals surface area contributed by atoms with Crippen LogP contribution in [0.2, 0.25) is 5.02 Å². The second kappa shape index (κ2) is 11.3. The smallest absolute Gasteiger partial charge is 0.291 e. The van der Waals surface area contributed by atoms with Gasteiger partial charge in [0.15, 0.2) is 5.78 Å². The van der Waals surface area contributed by atoms with Crippen LogP contribution in [-0.2, 0) is 22.6 Å². The van der Waals surface area contributed by atoms with Crippen LogP contribution in [0.4, 0.5) is 17.6 Å². The van der Waals surface area contributed by atoms with Crippen molar-refractivity contribution in [2.75, 3.05) is 13.1 Å². The maximum absolute atomic E-state index is 14.2. The lowest BCUT2D eigenvalue weighted by Gasteiger charge is -2.44. The Labute approximate surface area is 250 Å². The molecule has 1 atom stereocenters. The Bertz CT molecular complexity index is 1810. The Morgan fingerprint density at radius 1 is 1.19 bits per heavy atom. The number of rotatable bonds is 7. The Morgan fingerprint density at radius 2 is 1.95 bits per heavy atom. The van der Waals surface area contributed by atoms with Gasteiger partial charge in [0.05, 0.1) is 32.8 Å². The van der Waals surface area contributed by atoms with Gasteiger partial charge in [0.1, 0.15) is 11.5 Å². The number of benzene rings is 1. The van der Waals surface area contributed by atoms with E-state index in [4.69, 9.17) is 11.6 Å². The maximum atomic E-state index is 14.2. The van der Waals surface area contributed by atoms with Gasteiger partial charge in [-0.2, -0.15) is 22.6 Å². The summed E-state index contributed by atoms with van der Waals surface area (Å²) in [5, 5.41) is 3.80. The monoisotopic (exact) mass is 632 g/mol. The molecule has 0 amide bonds. The number of fused-ring (bicyclic) bond motifs is 2. The average molecular weight is 633 g/mol. The van der Waals surface area contributed by atoms with E-state index in [0.29, 0.717) is 28.6 Å². The lowest BCUT2D eigenvalue weighted by atomic mass is 9.65. The molecule has 0 N–H and O–H groups in total. The Kier molecular flexibility index (Phi) is 8.05. The molecular formula is C30H25ClF4N4O3S. The lowest BCUT2D eigenvalue weighted by Crippen LogP contribution is -2.53. The molecule has 3 heterocycles. The quantitative estimate of drug-likeness (QED) is 0.163. The molecule has 43 heavy (non-hydrogen) atoms. The molecule has 1 aliphatic heterocycles. The van der Waals surface area contributed by atoms with Crippen molar-refractivity contribution in [3.63, 3.8) is 0 Å². The highest BCUT2D eigenvalue weighted by molar-refractivity contribution is 7.89. The summed E-state index contributed by atoms with van der Waals surface area (Å²) in [4.78, 5) is 17.8. The number of halogens is 5. The molecule has 0 radical (unpaired) electrons. The maximum Gasteiger partial charge on any atom is 0.417 e. The van der Waals surface area contributed by atoms with Crippen LogP contribution < -0.4 is 0 Å². The molecule has 1 saturated heterocycles. The van der Waals surface area contributed by atoms with Crippen molar-refractivity contribution >= 4 is 39.2 Å². The molecule has 1 aliphatic carbocycles. The van der Waals surface area contributed by atoms with Crippen molar-refractivity contribution in [1.82, 2.24) is 19.1 Å². The number of carbonyl (C=O) groups excluding carboxylic acids is 1. The predicted octanol–water partition coefficient (Wildman–Crippen LogP) is 6.75. The summed E-state index contributed by atoms with van der Waals surface area (Å²) in [6.45, 7) is 4.71. The van der Waals surface area contributed by atoms with E-state index in [1.807, 2.05) is 0 Å². The van der Waals surface area contributed by atoms with Gasteiger partial charge in [-0.25, -0.2) is 17.5 Å². The molecule has 0 unspecified atom stereocenters.